The summed E-state index contributed by atoms with van der Waals surface area (Å²) in [6.07, 6.45) is 0.971. The average molecular weight is 339 g/mol. The lowest BCUT2D eigenvalue weighted by atomic mass is 10.1. The van der Waals surface area contributed by atoms with E-state index in [-0.39, 0.29) is 18.0 Å². The van der Waals surface area contributed by atoms with Crippen LogP contribution in [0.5, 0.6) is 0 Å². The highest BCUT2D eigenvalue weighted by Crippen LogP contribution is 2.19. The smallest absolute Gasteiger partial charge is 0.293 e. The predicted octanol–water partition coefficient (Wildman–Crippen LogP) is 1.56. The molecule has 7 heteroatoms. The van der Waals surface area contributed by atoms with Gasteiger partial charge in [0.05, 0.1) is 5.69 Å². The SMILES string of the molecule is CCNC(=O)Cn1nc(C)n2nc(-c3ccc(CC)cc3)cc2c1=O. The van der Waals surface area contributed by atoms with Crippen molar-refractivity contribution in [3.8, 4) is 11.3 Å². The summed E-state index contributed by atoms with van der Waals surface area (Å²) < 4.78 is 2.71. The van der Waals surface area contributed by atoms with Crippen molar-refractivity contribution in [2.75, 3.05) is 6.54 Å². The van der Waals surface area contributed by atoms with Crippen LogP contribution in [-0.2, 0) is 17.8 Å². The molecule has 0 aliphatic rings. The van der Waals surface area contributed by atoms with Crippen LogP contribution in [0.2, 0.25) is 0 Å². The monoisotopic (exact) mass is 339 g/mol. The Morgan fingerprint density at radius 1 is 1.16 bits per heavy atom. The Kier molecular flexibility index (Phi) is 4.65. The number of rotatable bonds is 5. The number of carbonyl (C=O) groups is 1. The van der Waals surface area contributed by atoms with Crippen LogP contribution in [0, 0.1) is 6.92 Å². The minimum atomic E-state index is -0.333. The third-order valence-corrected chi connectivity index (χ3v) is 4.06. The van der Waals surface area contributed by atoms with Gasteiger partial charge in [-0.15, -0.1) is 0 Å². The molecule has 130 valence electrons. The third-order valence-electron chi connectivity index (χ3n) is 4.06. The van der Waals surface area contributed by atoms with Gasteiger partial charge in [0.2, 0.25) is 5.91 Å². The summed E-state index contributed by atoms with van der Waals surface area (Å²) >= 11 is 0. The van der Waals surface area contributed by atoms with E-state index in [2.05, 4.69) is 34.6 Å². The molecule has 1 amide bonds. The zero-order valence-electron chi connectivity index (χ0n) is 14.6. The van der Waals surface area contributed by atoms with Gasteiger partial charge in [0.1, 0.15) is 17.9 Å². The zero-order chi connectivity index (χ0) is 18.0. The number of nitrogens with zero attached hydrogens (tertiary/aromatic N) is 4. The number of carbonyl (C=O) groups excluding carboxylic acids is 1. The second-order valence-corrected chi connectivity index (χ2v) is 5.84. The standard InChI is InChI=1S/C18H21N5O2/c1-4-13-6-8-14(9-7-13)15-10-16-18(25)22(11-17(24)19-5-2)20-12(3)23(16)21-15/h6-10H,4-5,11H2,1-3H3,(H,19,24). The number of likely N-dealkylation sites (N-methyl/N-ethyl adjacent to an activating group) is 1. The van der Waals surface area contributed by atoms with Gasteiger partial charge < -0.3 is 5.32 Å². The number of hydrogen-bond donors (Lipinski definition) is 1. The van der Waals surface area contributed by atoms with Crippen molar-refractivity contribution in [1.29, 1.82) is 0 Å². The fourth-order valence-electron chi connectivity index (χ4n) is 2.72. The highest BCUT2D eigenvalue weighted by Gasteiger charge is 2.14. The van der Waals surface area contributed by atoms with Crippen molar-refractivity contribution in [2.45, 2.75) is 33.7 Å². The van der Waals surface area contributed by atoms with Gasteiger partial charge in [-0.2, -0.15) is 10.2 Å². The van der Waals surface area contributed by atoms with Gasteiger partial charge in [-0.25, -0.2) is 9.20 Å². The molecule has 0 aliphatic carbocycles. The molecule has 0 saturated carbocycles. The Bertz CT molecular complexity index is 970. The molecule has 0 unspecified atom stereocenters. The molecule has 3 rings (SSSR count). The summed E-state index contributed by atoms with van der Waals surface area (Å²) in [6, 6.07) is 9.84. The van der Waals surface area contributed by atoms with E-state index < -0.39 is 0 Å². The summed E-state index contributed by atoms with van der Waals surface area (Å²) in [5, 5.41) is 11.4. The number of benzene rings is 1. The first-order chi connectivity index (χ1) is 12.0. The van der Waals surface area contributed by atoms with Crippen LogP contribution in [0.3, 0.4) is 0 Å². The molecule has 2 aromatic heterocycles. The van der Waals surface area contributed by atoms with E-state index in [0.29, 0.717) is 23.6 Å². The van der Waals surface area contributed by atoms with Crippen LogP contribution in [0.15, 0.2) is 35.1 Å². The molecule has 25 heavy (non-hydrogen) atoms. The van der Waals surface area contributed by atoms with Gasteiger partial charge in [0.25, 0.3) is 5.56 Å². The van der Waals surface area contributed by atoms with E-state index in [0.717, 1.165) is 12.0 Å². The van der Waals surface area contributed by atoms with Crippen molar-refractivity contribution in [1.82, 2.24) is 24.7 Å². The highest BCUT2D eigenvalue weighted by molar-refractivity contribution is 5.75. The van der Waals surface area contributed by atoms with Crippen molar-refractivity contribution in [3.63, 3.8) is 0 Å². The normalized spacial score (nSPS) is 11.0. The van der Waals surface area contributed by atoms with E-state index >= 15 is 0 Å². The predicted molar refractivity (Wildman–Crippen MR) is 95.5 cm³/mol. The van der Waals surface area contributed by atoms with Gasteiger partial charge in [-0.05, 0) is 31.9 Å². The topological polar surface area (TPSA) is 81.3 Å². The van der Waals surface area contributed by atoms with Gasteiger partial charge in [-0.3, -0.25) is 9.59 Å². The molecule has 0 atom stereocenters. The van der Waals surface area contributed by atoms with Crippen LogP contribution in [0.4, 0.5) is 0 Å². The first-order valence-corrected chi connectivity index (χ1v) is 8.37. The fourth-order valence-corrected chi connectivity index (χ4v) is 2.72. The second-order valence-electron chi connectivity index (χ2n) is 5.84. The molecule has 0 fully saturated rings. The summed E-state index contributed by atoms with van der Waals surface area (Å²) in [6.45, 7) is 6.11. The molecule has 0 radical (unpaired) electrons. The second kappa shape index (κ2) is 6.88. The Labute approximate surface area is 145 Å². The Hall–Kier alpha value is -2.96. The lowest BCUT2D eigenvalue weighted by Gasteiger charge is -2.06. The largest absolute Gasteiger partial charge is 0.355 e. The maximum atomic E-state index is 12.6. The first-order valence-electron chi connectivity index (χ1n) is 8.37. The number of fused-ring (bicyclic) bond motifs is 1. The Balaban J connectivity index is 2.04. The third kappa shape index (κ3) is 3.31. The van der Waals surface area contributed by atoms with Crippen molar-refractivity contribution < 1.29 is 4.79 Å². The minimum Gasteiger partial charge on any atom is -0.355 e. The lowest BCUT2D eigenvalue weighted by molar-refractivity contribution is -0.121. The molecule has 0 spiro atoms. The van der Waals surface area contributed by atoms with E-state index in [1.807, 2.05) is 19.1 Å². The van der Waals surface area contributed by atoms with Crippen molar-refractivity contribution in [2.24, 2.45) is 0 Å². The average Bonchev–Trinajstić information content (AvgIpc) is 3.06. The molecule has 1 N–H and O–H groups in total. The number of aryl methyl sites for hydroxylation is 2. The molecular formula is C18H21N5O2. The number of aromatic nitrogens is 4. The van der Waals surface area contributed by atoms with Gasteiger partial charge in [0, 0.05) is 12.1 Å². The molecule has 1 aromatic carbocycles. The highest BCUT2D eigenvalue weighted by atomic mass is 16.2. The molecule has 0 aliphatic heterocycles. The Morgan fingerprint density at radius 2 is 1.88 bits per heavy atom. The molecule has 7 nitrogen and oxygen atoms in total. The molecule has 2 heterocycles. The quantitative estimate of drug-likeness (QED) is 0.765. The van der Waals surface area contributed by atoms with Crippen molar-refractivity contribution >= 4 is 11.4 Å². The summed E-state index contributed by atoms with van der Waals surface area (Å²) in [5.41, 5.74) is 2.97. The van der Waals surface area contributed by atoms with E-state index in [4.69, 9.17) is 0 Å². The summed E-state index contributed by atoms with van der Waals surface area (Å²) in [5.74, 6) is 0.311. The Morgan fingerprint density at radius 3 is 2.52 bits per heavy atom. The molecule has 3 aromatic rings. The lowest BCUT2D eigenvalue weighted by Crippen LogP contribution is -2.34. The van der Waals surface area contributed by atoms with Crippen LogP contribution < -0.4 is 10.9 Å². The summed E-state index contributed by atoms with van der Waals surface area (Å²) in [7, 11) is 0. The molecule has 0 bridgehead atoms. The first kappa shape index (κ1) is 16.9. The van der Waals surface area contributed by atoms with Crippen LogP contribution >= 0.6 is 0 Å². The van der Waals surface area contributed by atoms with E-state index in [9.17, 15) is 9.59 Å². The maximum Gasteiger partial charge on any atom is 0.293 e. The van der Waals surface area contributed by atoms with E-state index in [1.165, 1.54) is 14.8 Å². The summed E-state index contributed by atoms with van der Waals surface area (Å²) in [4.78, 5) is 24.4. The minimum absolute atomic E-state index is 0.101. The number of amides is 1. The van der Waals surface area contributed by atoms with Crippen LogP contribution in [-0.4, -0.2) is 31.8 Å². The van der Waals surface area contributed by atoms with E-state index in [1.54, 1.807) is 13.0 Å². The number of hydrogen-bond acceptors (Lipinski definition) is 4. The number of nitrogens with one attached hydrogen (secondary N) is 1. The van der Waals surface area contributed by atoms with Crippen molar-refractivity contribution in [3.05, 3.63) is 52.1 Å². The molecule has 0 saturated heterocycles. The zero-order valence-corrected chi connectivity index (χ0v) is 14.6. The van der Waals surface area contributed by atoms with Crippen LogP contribution in [0.25, 0.3) is 16.8 Å². The van der Waals surface area contributed by atoms with Crippen LogP contribution in [0.1, 0.15) is 25.2 Å². The van der Waals surface area contributed by atoms with Gasteiger partial charge >= 0.3 is 0 Å². The molecular weight excluding hydrogens is 318 g/mol. The fraction of sp³-hybridized carbons (Fsp3) is 0.333. The maximum absolute atomic E-state index is 12.6. The van der Waals surface area contributed by atoms with Gasteiger partial charge in [0.15, 0.2) is 0 Å². The van der Waals surface area contributed by atoms with Gasteiger partial charge in [-0.1, -0.05) is 31.2 Å².